The van der Waals surface area contributed by atoms with Gasteiger partial charge in [-0.2, -0.15) is 5.26 Å². The molecule has 8 heteroatoms. The molecule has 5 aromatic rings. The SMILES string of the molecule is Cc1cc(C)c2c(C)c(C(=O)Oc3ccc4c(c3)OC(N)=C(C#N)C4c3ccc(OCc4ccc(F)cc4)cc3)oc2c1. The number of aryl methyl sites for hydroxylation is 3. The highest BCUT2D eigenvalue weighted by Gasteiger charge is 2.31. The summed E-state index contributed by atoms with van der Waals surface area (Å²) in [6, 6.07) is 24.5. The molecule has 6 rings (SSSR count). The fourth-order valence-electron chi connectivity index (χ4n) is 5.48. The normalized spacial score (nSPS) is 14.2. The molecule has 0 amide bonds. The number of benzene rings is 4. The number of hydrogen-bond donors (Lipinski definition) is 1. The highest BCUT2D eigenvalue weighted by Crippen LogP contribution is 2.44. The van der Waals surface area contributed by atoms with Gasteiger partial charge in [0.1, 0.15) is 46.9 Å². The number of fused-ring (bicyclic) bond motifs is 2. The number of ether oxygens (including phenoxy) is 3. The van der Waals surface area contributed by atoms with Crippen LogP contribution in [0.2, 0.25) is 0 Å². The maximum absolute atomic E-state index is 13.2. The molecular weight excluding hydrogens is 547 g/mol. The van der Waals surface area contributed by atoms with Crippen LogP contribution in [-0.4, -0.2) is 5.97 Å². The fraction of sp³-hybridized carbons (Fsp3) is 0.143. The standard InChI is InChI=1S/C35H27FN2O5/c1-19-14-20(2)31-21(3)33(42-30(31)15-19)35(39)41-26-12-13-27-29(16-26)43-34(38)28(17-37)32(27)23-6-10-25(11-7-23)40-18-22-4-8-24(36)9-5-22/h4-16,32H,18,38H2,1-3H3. The first-order chi connectivity index (χ1) is 20.7. The Kier molecular flexibility index (Phi) is 7.08. The number of rotatable bonds is 6. The molecule has 1 unspecified atom stereocenters. The van der Waals surface area contributed by atoms with Gasteiger partial charge in [-0.1, -0.05) is 36.4 Å². The van der Waals surface area contributed by atoms with Crippen LogP contribution in [0.25, 0.3) is 11.0 Å². The predicted molar refractivity (Wildman–Crippen MR) is 158 cm³/mol. The van der Waals surface area contributed by atoms with E-state index in [0.29, 0.717) is 28.2 Å². The molecule has 43 heavy (non-hydrogen) atoms. The maximum Gasteiger partial charge on any atom is 0.379 e. The summed E-state index contributed by atoms with van der Waals surface area (Å²) < 4.78 is 36.4. The minimum atomic E-state index is -0.629. The van der Waals surface area contributed by atoms with Crippen LogP contribution in [0.15, 0.2) is 94.7 Å². The Labute approximate surface area is 247 Å². The van der Waals surface area contributed by atoms with Gasteiger partial charge in [-0.3, -0.25) is 0 Å². The van der Waals surface area contributed by atoms with Gasteiger partial charge in [-0.05, 0) is 79.4 Å². The molecule has 7 nitrogen and oxygen atoms in total. The molecule has 1 aliphatic heterocycles. The van der Waals surface area contributed by atoms with E-state index in [9.17, 15) is 14.4 Å². The van der Waals surface area contributed by atoms with Gasteiger partial charge in [0.05, 0.1) is 5.92 Å². The van der Waals surface area contributed by atoms with Gasteiger partial charge < -0.3 is 24.4 Å². The zero-order chi connectivity index (χ0) is 30.2. The minimum absolute atomic E-state index is 0.0286. The lowest BCUT2D eigenvalue weighted by molar-refractivity contribution is 0.0702. The predicted octanol–water partition coefficient (Wildman–Crippen LogP) is 7.51. The van der Waals surface area contributed by atoms with Crippen LogP contribution in [0.4, 0.5) is 4.39 Å². The Morgan fingerprint density at radius 1 is 0.977 bits per heavy atom. The van der Waals surface area contributed by atoms with Crippen molar-refractivity contribution < 1.29 is 27.8 Å². The van der Waals surface area contributed by atoms with Crippen LogP contribution in [0, 0.1) is 37.9 Å². The lowest BCUT2D eigenvalue weighted by Crippen LogP contribution is -2.21. The van der Waals surface area contributed by atoms with Crippen molar-refractivity contribution in [3.05, 3.63) is 135 Å². The average molecular weight is 575 g/mol. The molecule has 0 saturated heterocycles. The molecule has 1 atom stereocenters. The molecule has 0 aliphatic carbocycles. The summed E-state index contributed by atoms with van der Waals surface area (Å²) in [5, 5.41) is 10.8. The summed E-state index contributed by atoms with van der Waals surface area (Å²) in [5.41, 5.74) is 12.2. The van der Waals surface area contributed by atoms with Crippen molar-refractivity contribution in [1.82, 2.24) is 0 Å². The molecule has 0 bridgehead atoms. The van der Waals surface area contributed by atoms with Crippen molar-refractivity contribution >= 4 is 16.9 Å². The van der Waals surface area contributed by atoms with E-state index in [0.717, 1.165) is 27.6 Å². The highest BCUT2D eigenvalue weighted by molar-refractivity contribution is 5.98. The zero-order valence-electron chi connectivity index (χ0n) is 23.7. The summed E-state index contributed by atoms with van der Waals surface area (Å²) in [6.07, 6.45) is 0. The first kappa shape index (κ1) is 27.6. The molecular formula is C35H27FN2O5. The van der Waals surface area contributed by atoms with E-state index < -0.39 is 11.9 Å². The molecule has 214 valence electrons. The number of carbonyl (C=O) groups is 1. The number of esters is 1. The lowest BCUT2D eigenvalue weighted by atomic mass is 9.83. The summed E-state index contributed by atoms with van der Waals surface area (Å²) >= 11 is 0. The van der Waals surface area contributed by atoms with E-state index in [4.69, 9.17) is 24.4 Å². The van der Waals surface area contributed by atoms with Crippen molar-refractivity contribution in [2.75, 3.05) is 0 Å². The number of carbonyl (C=O) groups excluding carboxylic acids is 1. The van der Waals surface area contributed by atoms with Crippen molar-refractivity contribution in [2.24, 2.45) is 5.73 Å². The van der Waals surface area contributed by atoms with Crippen molar-refractivity contribution in [1.29, 1.82) is 5.26 Å². The van der Waals surface area contributed by atoms with Gasteiger partial charge in [0.25, 0.3) is 0 Å². The molecule has 0 spiro atoms. The van der Waals surface area contributed by atoms with E-state index in [-0.39, 0.29) is 35.4 Å². The molecule has 0 saturated carbocycles. The third kappa shape index (κ3) is 5.29. The van der Waals surface area contributed by atoms with Crippen LogP contribution in [0.1, 0.15) is 49.9 Å². The van der Waals surface area contributed by atoms with Gasteiger partial charge in [0.2, 0.25) is 11.6 Å². The quantitative estimate of drug-likeness (QED) is 0.165. The second-order valence-electron chi connectivity index (χ2n) is 10.5. The van der Waals surface area contributed by atoms with Gasteiger partial charge >= 0.3 is 5.97 Å². The second kappa shape index (κ2) is 11.0. The number of hydrogen-bond acceptors (Lipinski definition) is 7. The van der Waals surface area contributed by atoms with E-state index in [1.54, 1.807) is 42.5 Å². The molecule has 0 radical (unpaired) electrons. The smallest absolute Gasteiger partial charge is 0.379 e. The van der Waals surface area contributed by atoms with E-state index in [1.807, 2.05) is 45.0 Å². The van der Waals surface area contributed by atoms with Crippen molar-refractivity contribution in [2.45, 2.75) is 33.3 Å². The van der Waals surface area contributed by atoms with Gasteiger partial charge in [-0.15, -0.1) is 0 Å². The van der Waals surface area contributed by atoms with Gasteiger partial charge in [0, 0.05) is 22.6 Å². The Morgan fingerprint density at radius 3 is 2.42 bits per heavy atom. The number of halogens is 1. The van der Waals surface area contributed by atoms with Gasteiger partial charge in [-0.25, -0.2) is 9.18 Å². The Morgan fingerprint density at radius 2 is 1.70 bits per heavy atom. The maximum atomic E-state index is 13.2. The summed E-state index contributed by atoms with van der Waals surface area (Å²) in [4.78, 5) is 13.1. The number of nitrogens with two attached hydrogens (primary N) is 1. The van der Waals surface area contributed by atoms with Crippen LogP contribution in [-0.2, 0) is 6.61 Å². The third-order valence-electron chi connectivity index (χ3n) is 7.49. The largest absolute Gasteiger partial charge is 0.489 e. The van der Waals surface area contributed by atoms with Crippen LogP contribution in [0.5, 0.6) is 17.2 Å². The van der Waals surface area contributed by atoms with Crippen molar-refractivity contribution in [3.63, 3.8) is 0 Å². The van der Waals surface area contributed by atoms with Crippen LogP contribution < -0.4 is 19.9 Å². The van der Waals surface area contributed by atoms with Crippen LogP contribution >= 0.6 is 0 Å². The van der Waals surface area contributed by atoms with E-state index in [2.05, 4.69) is 6.07 Å². The van der Waals surface area contributed by atoms with Gasteiger partial charge in [0.15, 0.2) is 0 Å². The molecule has 1 aliphatic rings. The highest BCUT2D eigenvalue weighted by atomic mass is 19.1. The number of nitrogens with zero attached hydrogens (tertiary/aromatic N) is 1. The monoisotopic (exact) mass is 574 g/mol. The summed E-state index contributed by atoms with van der Waals surface area (Å²) in [7, 11) is 0. The Hall–Kier alpha value is -5.55. The van der Waals surface area contributed by atoms with E-state index in [1.165, 1.54) is 12.1 Å². The minimum Gasteiger partial charge on any atom is -0.489 e. The Balaban J connectivity index is 1.24. The number of furan rings is 1. The Bertz CT molecular complexity index is 1950. The number of nitriles is 1. The third-order valence-corrected chi connectivity index (χ3v) is 7.49. The summed E-state index contributed by atoms with van der Waals surface area (Å²) in [6.45, 7) is 6.06. The van der Waals surface area contributed by atoms with Crippen LogP contribution in [0.3, 0.4) is 0 Å². The second-order valence-corrected chi connectivity index (χ2v) is 10.5. The number of allylic oxidation sites excluding steroid dienone is 1. The molecule has 4 aromatic carbocycles. The topological polar surface area (TPSA) is 108 Å². The average Bonchev–Trinajstić information content (AvgIpc) is 3.32. The summed E-state index contributed by atoms with van der Waals surface area (Å²) in [5.74, 6) is -0.105. The lowest BCUT2D eigenvalue weighted by Gasteiger charge is -2.26. The fourth-order valence-corrected chi connectivity index (χ4v) is 5.48. The molecule has 2 heterocycles. The first-order valence-electron chi connectivity index (χ1n) is 13.6. The van der Waals surface area contributed by atoms with E-state index >= 15 is 0 Å². The molecule has 0 fully saturated rings. The zero-order valence-corrected chi connectivity index (χ0v) is 23.7. The molecule has 1 aromatic heterocycles. The molecule has 2 N–H and O–H groups in total. The van der Waals surface area contributed by atoms with Crippen molar-refractivity contribution in [3.8, 4) is 23.3 Å². The first-order valence-corrected chi connectivity index (χ1v) is 13.6.